The molecule has 5 nitrogen and oxygen atoms in total. The summed E-state index contributed by atoms with van der Waals surface area (Å²) in [6, 6.07) is -0.713. The van der Waals surface area contributed by atoms with Crippen LogP contribution in [0.1, 0.15) is 41.5 Å². The van der Waals surface area contributed by atoms with Gasteiger partial charge in [-0.3, -0.25) is 0 Å². The zero-order chi connectivity index (χ0) is 16.0. The Balaban J connectivity index is 4.43. The Labute approximate surface area is 129 Å². The van der Waals surface area contributed by atoms with Gasteiger partial charge in [0.2, 0.25) is 0 Å². The quantitative estimate of drug-likeness (QED) is 0.619. The third-order valence-corrected chi connectivity index (χ3v) is 5.07. The lowest BCUT2D eigenvalue weighted by atomic mass is 10.2. The summed E-state index contributed by atoms with van der Waals surface area (Å²) in [4.78, 5) is 23.3. The van der Waals surface area contributed by atoms with Crippen LogP contribution in [-0.4, -0.2) is 41.3 Å². The van der Waals surface area contributed by atoms with Crippen molar-refractivity contribution < 1.29 is 19.1 Å². The molecule has 0 aromatic heterocycles. The highest BCUT2D eigenvalue weighted by atomic mass is 33.1. The Bertz CT molecular complexity index is 334. The summed E-state index contributed by atoms with van der Waals surface area (Å²) in [7, 11) is 4.46. The van der Waals surface area contributed by atoms with Crippen molar-refractivity contribution in [2.24, 2.45) is 0 Å². The van der Waals surface area contributed by atoms with Crippen molar-refractivity contribution in [2.75, 3.05) is 12.9 Å². The van der Waals surface area contributed by atoms with E-state index in [4.69, 9.17) is 9.47 Å². The molecule has 0 radical (unpaired) electrons. The average Bonchev–Trinajstić information content (AvgIpc) is 2.22. The van der Waals surface area contributed by atoms with Crippen LogP contribution in [0, 0.1) is 0 Å². The van der Waals surface area contributed by atoms with Gasteiger partial charge in [-0.1, -0.05) is 42.4 Å². The maximum Gasteiger partial charge on any atom is 0.408 e. The van der Waals surface area contributed by atoms with E-state index >= 15 is 0 Å². The molecule has 0 aliphatic heterocycles. The van der Waals surface area contributed by atoms with Crippen LogP contribution in [0.4, 0.5) is 4.79 Å². The maximum atomic E-state index is 11.7. The van der Waals surface area contributed by atoms with Crippen molar-refractivity contribution in [1.82, 2.24) is 5.32 Å². The number of nitrogens with one attached hydrogen (secondary N) is 1. The summed E-state index contributed by atoms with van der Waals surface area (Å²) in [6.07, 6.45) is -0.616. The van der Waals surface area contributed by atoms with Crippen LogP contribution in [0.5, 0.6) is 0 Å². The van der Waals surface area contributed by atoms with Gasteiger partial charge in [-0.15, -0.1) is 0 Å². The molecule has 20 heavy (non-hydrogen) atoms. The lowest BCUT2D eigenvalue weighted by molar-refractivity contribution is -0.142. The molecule has 0 fully saturated rings. The fourth-order valence-corrected chi connectivity index (χ4v) is 3.49. The van der Waals surface area contributed by atoms with Crippen molar-refractivity contribution in [3.05, 3.63) is 0 Å². The summed E-state index contributed by atoms with van der Waals surface area (Å²) in [5.41, 5.74) is -0.599. The largest absolute Gasteiger partial charge is 0.467 e. The van der Waals surface area contributed by atoms with E-state index in [2.05, 4.69) is 26.1 Å². The smallest absolute Gasteiger partial charge is 0.408 e. The molecular weight excluding hydrogens is 298 g/mol. The highest BCUT2D eigenvalue weighted by Gasteiger charge is 2.25. The van der Waals surface area contributed by atoms with Crippen LogP contribution in [0.3, 0.4) is 0 Å². The first-order chi connectivity index (χ1) is 8.94. The van der Waals surface area contributed by atoms with Gasteiger partial charge in [0, 0.05) is 10.5 Å². The van der Waals surface area contributed by atoms with Crippen molar-refractivity contribution in [3.63, 3.8) is 0 Å². The van der Waals surface area contributed by atoms with E-state index in [-0.39, 0.29) is 4.75 Å². The van der Waals surface area contributed by atoms with Crippen LogP contribution in [0.25, 0.3) is 0 Å². The molecule has 0 aromatic carbocycles. The number of rotatable bonds is 5. The number of ether oxygens (including phenoxy) is 2. The molecule has 0 aliphatic carbocycles. The van der Waals surface area contributed by atoms with Gasteiger partial charge in [0.05, 0.1) is 7.11 Å². The highest BCUT2D eigenvalue weighted by Crippen LogP contribution is 2.35. The predicted molar refractivity (Wildman–Crippen MR) is 85.0 cm³/mol. The first kappa shape index (κ1) is 19.4. The first-order valence-electron chi connectivity index (χ1n) is 6.32. The molecule has 0 aliphatic rings. The molecule has 0 spiro atoms. The topological polar surface area (TPSA) is 64.6 Å². The van der Waals surface area contributed by atoms with Crippen LogP contribution < -0.4 is 5.32 Å². The molecule has 7 heteroatoms. The second-order valence-corrected chi connectivity index (χ2v) is 9.37. The van der Waals surface area contributed by atoms with Crippen LogP contribution >= 0.6 is 21.6 Å². The number of amides is 1. The highest BCUT2D eigenvalue weighted by molar-refractivity contribution is 8.77. The zero-order valence-electron chi connectivity index (χ0n) is 13.2. The molecule has 0 bridgehead atoms. The minimum Gasteiger partial charge on any atom is -0.467 e. The van der Waals surface area contributed by atoms with E-state index in [0.717, 1.165) is 0 Å². The van der Waals surface area contributed by atoms with E-state index in [9.17, 15) is 9.59 Å². The van der Waals surface area contributed by atoms with Crippen molar-refractivity contribution in [2.45, 2.75) is 57.9 Å². The molecule has 0 saturated heterocycles. The van der Waals surface area contributed by atoms with Crippen LogP contribution in [0.2, 0.25) is 0 Å². The SMILES string of the molecule is COC(=O)C(CSSC(C)(C)C)NC(=O)OC(C)(C)C. The van der Waals surface area contributed by atoms with Gasteiger partial charge in [0.15, 0.2) is 0 Å². The summed E-state index contributed by atoms with van der Waals surface area (Å²) >= 11 is 0. The molecular formula is C13H25NO4S2. The fourth-order valence-electron chi connectivity index (χ4n) is 1.04. The van der Waals surface area contributed by atoms with Crippen LogP contribution in [-0.2, 0) is 14.3 Å². The summed E-state index contributed by atoms with van der Waals surface area (Å²) < 4.78 is 9.91. The van der Waals surface area contributed by atoms with Crippen LogP contribution in [0.15, 0.2) is 0 Å². The van der Waals surface area contributed by atoms with Crippen molar-refractivity contribution in [1.29, 1.82) is 0 Å². The second kappa shape index (κ2) is 8.02. The number of methoxy groups -OCH3 is 1. The van der Waals surface area contributed by atoms with Gasteiger partial charge in [0.25, 0.3) is 0 Å². The minimum atomic E-state index is -0.713. The normalized spacial score (nSPS) is 13.6. The number of hydrogen-bond acceptors (Lipinski definition) is 6. The van der Waals surface area contributed by atoms with Crippen molar-refractivity contribution >= 4 is 33.7 Å². The Kier molecular flexibility index (Phi) is 7.80. The molecule has 1 N–H and O–H groups in total. The number of carbonyl (C=O) groups is 2. The van der Waals surface area contributed by atoms with Gasteiger partial charge in [-0.25, -0.2) is 9.59 Å². The number of hydrogen-bond donors (Lipinski definition) is 1. The zero-order valence-corrected chi connectivity index (χ0v) is 14.9. The minimum absolute atomic E-state index is 0.0806. The van der Waals surface area contributed by atoms with Gasteiger partial charge in [-0.2, -0.15) is 0 Å². The summed E-state index contributed by atoms with van der Waals surface area (Å²) in [5, 5.41) is 2.54. The van der Waals surface area contributed by atoms with E-state index in [1.165, 1.54) is 17.9 Å². The Morgan fingerprint density at radius 1 is 1.15 bits per heavy atom. The lowest BCUT2D eigenvalue weighted by Gasteiger charge is -2.23. The lowest BCUT2D eigenvalue weighted by Crippen LogP contribution is -2.45. The Morgan fingerprint density at radius 2 is 1.70 bits per heavy atom. The first-order valence-corrected chi connectivity index (χ1v) is 8.64. The predicted octanol–water partition coefficient (Wildman–Crippen LogP) is 3.23. The van der Waals surface area contributed by atoms with E-state index in [1.54, 1.807) is 31.6 Å². The average molecular weight is 323 g/mol. The van der Waals surface area contributed by atoms with E-state index in [0.29, 0.717) is 5.75 Å². The summed E-state index contributed by atoms with van der Waals surface area (Å²) in [5.74, 6) is -0.0497. The maximum absolute atomic E-state index is 11.7. The fraction of sp³-hybridized carbons (Fsp3) is 0.846. The second-order valence-electron chi connectivity index (χ2n) is 6.20. The van der Waals surface area contributed by atoms with Crippen molar-refractivity contribution in [3.8, 4) is 0 Å². The molecule has 1 atom stereocenters. The Morgan fingerprint density at radius 3 is 2.10 bits per heavy atom. The van der Waals surface area contributed by atoms with Gasteiger partial charge < -0.3 is 14.8 Å². The van der Waals surface area contributed by atoms with E-state index in [1.807, 2.05) is 0 Å². The molecule has 1 amide bonds. The molecule has 0 rings (SSSR count). The molecule has 118 valence electrons. The summed E-state index contributed by atoms with van der Waals surface area (Å²) in [6.45, 7) is 11.6. The third-order valence-electron chi connectivity index (χ3n) is 1.72. The van der Waals surface area contributed by atoms with Gasteiger partial charge >= 0.3 is 12.1 Å². The third kappa shape index (κ3) is 10.3. The molecule has 0 heterocycles. The van der Waals surface area contributed by atoms with Gasteiger partial charge in [0.1, 0.15) is 11.6 Å². The molecule has 0 saturated carbocycles. The number of carbonyl (C=O) groups excluding carboxylic acids is 2. The number of esters is 1. The molecule has 1 unspecified atom stereocenters. The van der Waals surface area contributed by atoms with Gasteiger partial charge in [-0.05, 0) is 20.8 Å². The molecule has 0 aromatic rings. The standard InChI is InChI=1S/C13H25NO4S2/c1-12(2,3)18-11(16)14-9(10(15)17-7)8-19-20-13(4,5)6/h9H,8H2,1-7H3,(H,14,16). The Hall–Kier alpha value is -0.560. The monoisotopic (exact) mass is 323 g/mol. The van der Waals surface area contributed by atoms with E-state index < -0.39 is 23.7 Å². The number of alkyl carbamates (subject to hydrolysis) is 1.